The van der Waals surface area contributed by atoms with Crippen LogP contribution < -0.4 is 16.0 Å². The molecule has 0 aromatic carbocycles. The highest BCUT2D eigenvalue weighted by Gasteiger charge is 2.23. The predicted molar refractivity (Wildman–Crippen MR) is 57.3 cm³/mol. The second kappa shape index (κ2) is 5.70. The van der Waals surface area contributed by atoms with E-state index in [-0.39, 0.29) is 17.7 Å². The molecule has 5 nitrogen and oxygen atoms in total. The van der Waals surface area contributed by atoms with Gasteiger partial charge in [0.05, 0.1) is 0 Å². The first kappa shape index (κ1) is 12.0. The molecule has 1 saturated heterocycles. The van der Waals surface area contributed by atoms with E-state index in [1.807, 2.05) is 0 Å². The second-order valence-corrected chi connectivity index (χ2v) is 3.87. The van der Waals surface area contributed by atoms with Crippen LogP contribution >= 0.6 is 0 Å². The molecule has 1 aliphatic heterocycles. The molecule has 0 radical (unpaired) electrons. The molecule has 1 unspecified atom stereocenters. The molecule has 1 rings (SSSR count). The van der Waals surface area contributed by atoms with Gasteiger partial charge in [-0.15, -0.1) is 0 Å². The molecule has 1 aliphatic rings. The van der Waals surface area contributed by atoms with Gasteiger partial charge in [-0.2, -0.15) is 0 Å². The van der Waals surface area contributed by atoms with Crippen molar-refractivity contribution in [1.82, 2.24) is 16.0 Å². The Morgan fingerprint density at radius 3 is 2.47 bits per heavy atom. The highest BCUT2D eigenvalue weighted by molar-refractivity contribution is 5.88. The molecule has 1 atom stereocenters. The van der Waals surface area contributed by atoms with Crippen LogP contribution in [0.2, 0.25) is 0 Å². The van der Waals surface area contributed by atoms with Crippen LogP contribution in [0.3, 0.4) is 0 Å². The van der Waals surface area contributed by atoms with E-state index in [0.29, 0.717) is 0 Å². The zero-order valence-electron chi connectivity index (χ0n) is 9.30. The van der Waals surface area contributed by atoms with Gasteiger partial charge in [0.25, 0.3) is 0 Å². The third-order valence-corrected chi connectivity index (χ3v) is 2.71. The zero-order chi connectivity index (χ0) is 11.3. The first-order valence-electron chi connectivity index (χ1n) is 5.38. The topological polar surface area (TPSA) is 70.2 Å². The van der Waals surface area contributed by atoms with Gasteiger partial charge in [-0.25, -0.2) is 0 Å². The van der Waals surface area contributed by atoms with Gasteiger partial charge in [0.15, 0.2) is 0 Å². The van der Waals surface area contributed by atoms with Crippen LogP contribution in [-0.4, -0.2) is 38.0 Å². The van der Waals surface area contributed by atoms with Crippen LogP contribution in [-0.2, 0) is 9.59 Å². The highest BCUT2D eigenvalue weighted by atomic mass is 16.2. The van der Waals surface area contributed by atoms with Crippen molar-refractivity contribution in [2.24, 2.45) is 5.92 Å². The maximum absolute atomic E-state index is 11.7. The highest BCUT2D eigenvalue weighted by Crippen LogP contribution is 2.11. The van der Waals surface area contributed by atoms with Gasteiger partial charge in [-0.1, -0.05) is 0 Å². The van der Waals surface area contributed by atoms with Crippen molar-refractivity contribution in [3.05, 3.63) is 0 Å². The maximum atomic E-state index is 11.7. The summed E-state index contributed by atoms with van der Waals surface area (Å²) in [4.78, 5) is 22.9. The van der Waals surface area contributed by atoms with Gasteiger partial charge in [-0.05, 0) is 32.9 Å². The Labute approximate surface area is 90.0 Å². The molecule has 1 fully saturated rings. The third kappa shape index (κ3) is 3.51. The Bertz CT molecular complexity index is 237. The summed E-state index contributed by atoms with van der Waals surface area (Å²) >= 11 is 0. The molecule has 0 saturated carbocycles. The summed E-state index contributed by atoms with van der Waals surface area (Å²) in [6, 6.07) is -0.447. The Morgan fingerprint density at radius 1 is 1.33 bits per heavy atom. The lowest BCUT2D eigenvalue weighted by Gasteiger charge is -2.23. The van der Waals surface area contributed by atoms with Crippen LogP contribution in [0.25, 0.3) is 0 Å². The normalized spacial score (nSPS) is 19.3. The summed E-state index contributed by atoms with van der Waals surface area (Å²) in [6.45, 7) is 3.46. The second-order valence-electron chi connectivity index (χ2n) is 3.87. The molecular formula is C10H19N3O2. The smallest absolute Gasteiger partial charge is 0.242 e. The Hall–Kier alpha value is -1.10. The average molecular weight is 213 g/mol. The Balaban J connectivity index is 2.36. The number of carbonyl (C=O) groups excluding carboxylic acids is 2. The summed E-state index contributed by atoms with van der Waals surface area (Å²) < 4.78 is 0. The van der Waals surface area contributed by atoms with E-state index in [1.165, 1.54) is 0 Å². The van der Waals surface area contributed by atoms with E-state index in [9.17, 15) is 9.59 Å². The number of likely N-dealkylation sites (N-methyl/N-ethyl adjacent to an activating group) is 1. The fourth-order valence-electron chi connectivity index (χ4n) is 1.70. The van der Waals surface area contributed by atoms with E-state index in [0.717, 1.165) is 25.9 Å². The maximum Gasteiger partial charge on any atom is 0.242 e. The molecule has 2 amide bonds. The molecule has 5 heteroatoms. The number of hydrogen-bond donors (Lipinski definition) is 3. The lowest BCUT2D eigenvalue weighted by Crippen LogP contribution is -2.47. The van der Waals surface area contributed by atoms with E-state index < -0.39 is 6.04 Å². The van der Waals surface area contributed by atoms with Crippen LogP contribution in [0.1, 0.15) is 19.8 Å². The van der Waals surface area contributed by atoms with E-state index >= 15 is 0 Å². The first-order valence-corrected chi connectivity index (χ1v) is 5.38. The summed E-state index contributed by atoms with van der Waals surface area (Å²) in [7, 11) is 1.56. The van der Waals surface area contributed by atoms with Gasteiger partial charge < -0.3 is 16.0 Å². The van der Waals surface area contributed by atoms with Crippen molar-refractivity contribution in [3.8, 4) is 0 Å². The van der Waals surface area contributed by atoms with Gasteiger partial charge in [0.2, 0.25) is 11.8 Å². The summed E-state index contributed by atoms with van der Waals surface area (Å²) in [5.41, 5.74) is 0. The van der Waals surface area contributed by atoms with Crippen molar-refractivity contribution in [3.63, 3.8) is 0 Å². The molecule has 0 aromatic heterocycles. The lowest BCUT2D eigenvalue weighted by molar-refractivity contribution is -0.131. The van der Waals surface area contributed by atoms with Crippen LogP contribution in [0.15, 0.2) is 0 Å². The average Bonchev–Trinajstić information content (AvgIpc) is 2.29. The van der Waals surface area contributed by atoms with E-state index in [2.05, 4.69) is 16.0 Å². The van der Waals surface area contributed by atoms with Crippen LogP contribution in [0.4, 0.5) is 0 Å². The fraction of sp³-hybridized carbons (Fsp3) is 0.800. The number of carbonyl (C=O) groups is 2. The quantitative estimate of drug-likeness (QED) is 0.577. The number of amides is 2. The first-order chi connectivity index (χ1) is 7.15. The van der Waals surface area contributed by atoms with Crippen molar-refractivity contribution in [2.75, 3.05) is 20.1 Å². The molecule has 0 spiro atoms. The number of piperidine rings is 1. The molecule has 1 heterocycles. The minimum atomic E-state index is -0.447. The monoisotopic (exact) mass is 213 g/mol. The standard InChI is InChI=1S/C10H19N3O2/c1-7(9(14)11-2)13-10(15)8-3-5-12-6-4-8/h7-8,12H,3-6H2,1-2H3,(H,11,14)(H,13,15). The molecule has 86 valence electrons. The van der Waals surface area contributed by atoms with Crippen molar-refractivity contribution < 1.29 is 9.59 Å². The van der Waals surface area contributed by atoms with Gasteiger partial charge in [0, 0.05) is 13.0 Å². The predicted octanol–water partition coefficient (Wildman–Crippen LogP) is -0.763. The van der Waals surface area contributed by atoms with Crippen LogP contribution in [0, 0.1) is 5.92 Å². The summed E-state index contributed by atoms with van der Waals surface area (Å²) in [5, 5.41) is 8.43. The van der Waals surface area contributed by atoms with Gasteiger partial charge in [-0.3, -0.25) is 9.59 Å². The van der Waals surface area contributed by atoms with Gasteiger partial charge >= 0.3 is 0 Å². The zero-order valence-corrected chi connectivity index (χ0v) is 9.30. The number of nitrogens with one attached hydrogen (secondary N) is 3. The number of rotatable bonds is 3. The number of hydrogen-bond acceptors (Lipinski definition) is 3. The van der Waals surface area contributed by atoms with E-state index in [1.54, 1.807) is 14.0 Å². The third-order valence-electron chi connectivity index (χ3n) is 2.71. The minimum Gasteiger partial charge on any atom is -0.357 e. The van der Waals surface area contributed by atoms with Crippen molar-refractivity contribution >= 4 is 11.8 Å². The molecule has 0 aromatic rings. The molecule has 0 bridgehead atoms. The summed E-state index contributed by atoms with van der Waals surface area (Å²) in [5.74, 6) is -0.108. The molecular weight excluding hydrogens is 194 g/mol. The van der Waals surface area contributed by atoms with Crippen molar-refractivity contribution in [1.29, 1.82) is 0 Å². The SMILES string of the molecule is CNC(=O)C(C)NC(=O)C1CCNCC1. The molecule has 0 aliphatic carbocycles. The summed E-state index contributed by atoms with van der Waals surface area (Å²) in [6.07, 6.45) is 1.71. The van der Waals surface area contributed by atoms with Crippen LogP contribution in [0.5, 0.6) is 0 Å². The minimum absolute atomic E-state index is 0.00685. The Morgan fingerprint density at radius 2 is 1.93 bits per heavy atom. The van der Waals surface area contributed by atoms with E-state index in [4.69, 9.17) is 0 Å². The van der Waals surface area contributed by atoms with Gasteiger partial charge in [0.1, 0.15) is 6.04 Å². The molecule has 3 N–H and O–H groups in total. The largest absolute Gasteiger partial charge is 0.357 e. The fourth-order valence-corrected chi connectivity index (χ4v) is 1.70. The van der Waals surface area contributed by atoms with Crippen molar-refractivity contribution in [2.45, 2.75) is 25.8 Å². The molecule has 15 heavy (non-hydrogen) atoms. The lowest BCUT2D eigenvalue weighted by atomic mass is 9.97. The Kier molecular flexibility index (Phi) is 4.55.